The molecule has 0 aliphatic rings. The van der Waals surface area contributed by atoms with Crippen molar-refractivity contribution in [2.75, 3.05) is 0 Å². The third-order valence-electron chi connectivity index (χ3n) is 4.42. The summed E-state index contributed by atoms with van der Waals surface area (Å²) in [5, 5.41) is 0. The minimum absolute atomic E-state index is 0. The maximum absolute atomic E-state index is 4.85. The summed E-state index contributed by atoms with van der Waals surface area (Å²) in [6.45, 7) is 13.0. The topological polar surface area (TPSA) is 9.86 Å². The second kappa shape index (κ2) is 10.4. The van der Waals surface area contributed by atoms with Crippen molar-refractivity contribution >= 4 is 19.4 Å². The Balaban J connectivity index is 0.000000855. The summed E-state index contributed by atoms with van der Waals surface area (Å²) in [7, 11) is 9.71. The molecule has 5 heteroatoms. The molecular weight excluding hydrogens is 464 g/mol. The van der Waals surface area contributed by atoms with Crippen LogP contribution in [-0.4, -0.2) is 9.13 Å². The fourth-order valence-corrected chi connectivity index (χ4v) is 3.78. The summed E-state index contributed by atoms with van der Waals surface area (Å²) in [5.74, 6) is 0. The monoisotopic (exact) mass is 492 g/mol. The third-order valence-corrected chi connectivity index (χ3v) is 4.42. The van der Waals surface area contributed by atoms with E-state index in [2.05, 4.69) is 93.7 Å². The zero-order valence-corrected chi connectivity index (χ0v) is 20.3. The Morgan fingerprint density at radius 1 is 0.667 bits per heavy atom. The van der Waals surface area contributed by atoms with Gasteiger partial charge in [-0.1, -0.05) is 0 Å². The fourth-order valence-electron chi connectivity index (χ4n) is 3.78. The number of benzene rings is 2. The molecule has 0 unspecified atom stereocenters. The molecular formula is C22H28Cl2N2Ru. The molecule has 1 aromatic heterocycles. The number of hydrogen-bond acceptors (Lipinski definition) is 0. The van der Waals surface area contributed by atoms with Gasteiger partial charge < -0.3 is 7.43 Å². The van der Waals surface area contributed by atoms with Gasteiger partial charge in [0.15, 0.2) is 6.33 Å². The molecule has 0 saturated heterocycles. The molecule has 3 rings (SSSR count). The number of imidazole rings is 1. The molecule has 0 bridgehead atoms. The van der Waals surface area contributed by atoms with Crippen LogP contribution in [0.1, 0.15) is 33.4 Å². The average Bonchev–Trinajstić information content (AvgIpc) is 2.95. The molecule has 27 heavy (non-hydrogen) atoms. The molecule has 0 aliphatic heterocycles. The van der Waals surface area contributed by atoms with E-state index in [1.54, 1.807) is 0 Å². The Bertz CT molecular complexity index is 798. The van der Waals surface area contributed by atoms with Crippen molar-refractivity contribution in [3.63, 3.8) is 0 Å². The van der Waals surface area contributed by atoms with Crippen molar-refractivity contribution in [1.82, 2.24) is 9.13 Å². The number of hydrogen-bond donors (Lipinski definition) is 0. The van der Waals surface area contributed by atoms with E-state index in [9.17, 15) is 0 Å². The molecule has 0 N–H and O–H groups in total. The van der Waals surface area contributed by atoms with Crippen molar-refractivity contribution in [2.24, 2.45) is 0 Å². The molecule has 148 valence electrons. The van der Waals surface area contributed by atoms with Gasteiger partial charge in [-0.25, -0.2) is 9.13 Å². The Hall–Kier alpha value is -1.15. The molecule has 1 heterocycles. The van der Waals surface area contributed by atoms with Gasteiger partial charge in [-0.2, -0.15) is 0 Å². The summed E-state index contributed by atoms with van der Waals surface area (Å²) in [6, 6.07) is 8.98. The molecule has 0 aliphatic carbocycles. The Morgan fingerprint density at radius 2 is 0.926 bits per heavy atom. The first-order chi connectivity index (χ1) is 12.3. The van der Waals surface area contributed by atoms with Crippen molar-refractivity contribution in [3.05, 3.63) is 83.8 Å². The standard InChI is InChI=1S/C21H25N2.CH3.2ClH.Ru/c1-14-9-16(3)20(17(4)10-14)22-7-8-23(13-22)21-18(5)11-15(2)12-19(21)6;;;;/h7-13H,1-6H3;1H3;2*1H;/q+1;-1;;;+2/p-2. The van der Waals surface area contributed by atoms with E-state index in [0.717, 1.165) is 0 Å². The van der Waals surface area contributed by atoms with E-state index in [1.165, 1.54) is 44.8 Å². The van der Waals surface area contributed by atoms with E-state index in [4.69, 9.17) is 19.4 Å². The number of halogens is 2. The van der Waals surface area contributed by atoms with E-state index >= 15 is 0 Å². The van der Waals surface area contributed by atoms with Gasteiger partial charge in [0, 0.05) is 22.3 Å². The Kier molecular flexibility index (Phi) is 9.21. The van der Waals surface area contributed by atoms with Crippen molar-refractivity contribution in [1.29, 1.82) is 0 Å². The minimum atomic E-state index is -0.346. The van der Waals surface area contributed by atoms with E-state index in [-0.39, 0.29) is 22.6 Å². The first kappa shape index (κ1) is 23.9. The summed E-state index contributed by atoms with van der Waals surface area (Å²) >= 11 is -0.346. The van der Waals surface area contributed by atoms with Gasteiger partial charge in [-0.05, 0) is 76.9 Å². The molecule has 0 radical (unpaired) electrons. The van der Waals surface area contributed by atoms with Crippen LogP contribution in [0.25, 0.3) is 11.4 Å². The van der Waals surface area contributed by atoms with E-state index in [1.807, 2.05) is 0 Å². The second-order valence-electron chi connectivity index (χ2n) is 6.77. The van der Waals surface area contributed by atoms with E-state index < -0.39 is 0 Å². The van der Waals surface area contributed by atoms with Gasteiger partial charge in [0.2, 0.25) is 0 Å². The first-order valence-electron chi connectivity index (χ1n) is 8.39. The van der Waals surface area contributed by atoms with Crippen LogP contribution in [0.15, 0.2) is 43.0 Å². The maximum atomic E-state index is 4.85. The van der Waals surface area contributed by atoms with Crippen LogP contribution < -0.4 is 0 Å². The number of rotatable bonds is 2. The molecule has 2 nitrogen and oxygen atoms in total. The molecule has 0 amide bonds. The van der Waals surface area contributed by atoms with Crippen molar-refractivity contribution < 1.29 is 15.1 Å². The first-order valence-corrected chi connectivity index (χ1v) is 12.9. The average molecular weight is 492 g/mol. The number of aromatic nitrogens is 2. The van der Waals surface area contributed by atoms with Crippen molar-refractivity contribution in [3.8, 4) is 11.4 Å². The predicted molar refractivity (Wildman–Crippen MR) is 116 cm³/mol. The van der Waals surface area contributed by atoms with Crippen LogP contribution in [0.4, 0.5) is 0 Å². The quantitative estimate of drug-likeness (QED) is 0.264. The molecule has 3 aromatic rings. The van der Waals surface area contributed by atoms with Gasteiger partial charge in [0.05, 0.1) is 0 Å². The third kappa shape index (κ3) is 5.67. The zero-order valence-electron chi connectivity index (χ0n) is 17.0. The van der Waals surface area contributed by atoms with Crippen LogP contribution >= 0.6 is 19.4 Å². The van der Waals surface area contributed by atoms with Crippen LogP contribution in [0, 0.1) is 49.0 Å². The van der Waals surface area contributed by atoms with Gasteiger partial charge in [0.1, 0.15) is 23.8 Å². The van der Waals surface area contributed by atoms with Gasteiger partial charge in [0.25, 0.3) is 0 Å². The van der Waals surface area contributed by atoms with Crippen LogP contribution in [-0.2, 0) is 15.1 Å². The normalized spacial score (nSPS) is 10.2. The second-order valence-corrected chi connectivity index (χ2v) is 9.41. The molecule has 0 atom stereocenters. The summed E-state index contributed by atoms with van der Waals surface area (Å²) < 4.78 is 4.45. The number of aryl methyl sites for hydroxylation is 6. The molecule has 0 fully saturated rings. The Labute approximate surface area is 179 Å². The van der Waals surface area contributed by atoms with Crippen LogP contribution in [0.2, 0.25) is 0 Å². The van der Waals surface area contributed by atoms with Crippen LogP contribution in [0.3, 0.4) is 0 Å². The SMILES string of the molecule is Cc1cc(C)c(-n2ccn(-c3c(C)cc(C)cc3C)[cH+]2)c(C)c1.[CH3-].[Cl][Ru][Cl]. The van der Waals surface area contributed by atoms with Crippen molar-refractivity contribution in [2.45, 2.75) is 41.5 Å². The van der Waals surface area contributed by atoms with E-state index in [0.29, 0.717) is 0 Å². The fraction of sp³-hybridized carbons (Fsp3) is 0.273. The summed E-state index contributed by atoms with van der Waals surface area (Å²) in [5.41, 5.74) is 10.4. The van der Waals surface area contributed by atoms with Gasteiger partial charge in [-0.3, -0.25) is 0 Å². The van der Waals surface area contributed by atoms with Gasteiger partial charge >= 0.3 is 34.5 Å². The van der Waals surface area contributed by atoms with Crippen LogP contribution in [0.5, 0.6) is 0 Å². The molecule has 2 aromatic carbocycles. The molecule has 0 saturated carbocycles. The summed E-state index contributed by atoms with van der Waals surface area (Å²) in [6.07, 6.45) is 6.46. The Morgan fingerprint density at radius 3 is 1.19 bits per heavy atom. The predicted octanol–water partition coefficient (Wildman–Crippen LogP) is 7.23. The number of nitrogens with zero attached hydrogens (tertiary/aromatic N) is 2. The summed E-state index contributed by atoms with van der Waals surface area (Å²) in [4.78, 5) is 0. The molecule has 0 spiro atoms. The van der Waals surface area contributed by atoms with Gasteiger partial charge in [-0.15, -0.1) is 0 Å². The zero-order chi connectivity index (χ0) is 19.4.